The van der Waals surface area contributed by atoms with Gasteiger partial charge in [0.25, 0.3) is 0 Å². The van der Waals surface area contributed by atoms with Gasteiger partial charge in [0.1, 0.15) is 11.6 Å². The van der Waals surface area contributed by atoms with E-state index in [0.717, 1.165) is 10.0 Å². The molecule has 1 unspecified atom stereocenters. The van der Waals surface area contributed by atoms with Gasteiger partial charge in [-0.25, -0.2) is 4.39 Å². The first kappa shape index (κ1) is 15.3. The number of benzene rings is 2. The average Bonchev–Trinajstić information content (AvgIpc) is 2.44. The molecule has 0 spiro atoms. The molecule has 0 aliphatic rings. The van der Waals surface area contributed by atoms with Gasteiger partial charge in [0, 0.05) is 10.0 Å². The summed E-state index contributed by atoms with van der Waals surface area (Å²) in [7, 11) is 3.34. The molecule has 2 nitrogen and oxygen atoms in total. The lowest BCUT2D eigenvalue weighted by molar-refractivity contribution is 0.414. The summed E-state index contributed by atoms with van der Waals surface area (Å²) in [4.78, 5) is 0. The van der Waals surface area contributed by atoms with Crippen LogP contribution in [-0.4, -0.2) is 14.2 Å². The summed E-state index contributed by atoms with van der Waals surface area (Å²) in [6, 6.07) is 10.0. The second-order valence-electron chi connectivity index (χ2n) is 4.28. The highest BCUT2D eigenvalue weighted by Crippen LogP contribution is 2.32. The molecule has 0 saturated carbocycles. The van der Waals surface area contributed by atoms with Gasteiger partial charge in [0.05, 0.1) is 18.2 Å². The van der Waals surface area contributed by atoms with Crippen LogP contribution in [0.2, 0.25) is 5.02 Å². The highest BCUT2D eigenvalue weighted by atomic mass is 79.9. The zero-order valence-electron chi connectivity index (χ0n) is 11.1. The van der Waals surface area contributed by atoms with Gasteiger partial charge in [-0.15, -0.1) is 0 Å². The Kier molecular flexibility index (Phi) is 5.02. The van der Waals surface area contributed by atoms with Crippen LogP contribution in [0.1, 0.15) is 17.2 Å². The maximum Gasteiger partial charge on any atom is 0.137 e. The number of halogens is 3. The van der Waals surface area contributed by atoms with Crippen LogP contribution in [0.4, 0.5) is 4.39 Å². The molecule has 106 valence electrons. The molecule has 0 aliphatic carbocycles. The Labute approximate surface area is 131 Å². The summed E-state index contributed by atoms with van der Waals surface area (Å²) in [6.07, 6.45) is 0. The quantitative estimate of drug-likeness (QED) is 0.865. The third-order valence-electron chi connectivity index (χ3n) is 3.07. The Morgan fingerprint density at radius 1 is 1.25 bits per heavy atom. The Hall–Kier alpha value is -1.10. The molecule has 2 rings (SSSR count). The minimum atomic E-state index is -0.282. The third kappa shape index (κ3) is 3.14. The van der Waals surface area contributed by atoms with Gasteiger partial charge in [-0.2, -0.15) is 0 Å². The molecule has 2 aromatic carbocycles. The SMILES string of the molecule is CNC(c1ccc(OC)c(Cl)c1)c1cc(Br)ccc1F. The van der Waals surface area contributed by atoms with E-state index < -0.39 is 0 Å². The van der Waals surface area contributed by atoms with Gasteiger partial charge >= 0.3 is 0 Å². The molecule has 1 N–H and O–H groups in total. The minimum Gasteiger partial charge on any atom is -0.495 e. The van der Waals surface area contributed by atoms with Crippen LogP contribution in [0.5, 0.6) is 5.75 Å². The summed E-state index contributed by atoms with van der Waals surface area (Å²) in [5, 5.41) is 3.61. The van der Waals surface area contributed by atoms with Crippen LogP contribution in [0.3, 0.4) is 0 Å². The van der Waals surface area contributed by atoms with Crippen LogP contribution in [0.15, 0.2) is 40.9 Å². The zero-order chi connectivity index (χ0) is 14.7. The van der Waals surface area contributed by atoms with E-state index in [-0.39, 0.29) is 11.9 Å². The van der Waals surface area contributed by atoms with Crippen molar-refractivity contribution in [3.05, 3.63) is 62.8 Å². The van der Waals surface area contributed by atoms with Gasteiger partial charge < -0.3 is 10.1 Å². The number of hydrogen-bond acceptors (Lipinski definition) is 2. The largest absolute Gasteiger partial charge is 0.495 e. The number of nitrogens with one attached hydrogen (secondary N) is 1. The van der Waals surface area contributed by atoms with Gasteiger partial charge in [-0.3, -0.25) is 0 Å². The summed E-state index contributed by atoms with van der Waals surface area (Å²) < 4.78 is 20.0. The van der Waals surface area contributed by atoms with Crippen molar-refractivity contribution >= 4 is 27.5 Å². The standard InChI is InChI=1S/C15H14BrClFNO/c1-19-15(11-8-10(16)4-5-13(11)18)9-3-6-14(20-2)12(17)7-9/h3-8,15,19H,1-2H3. The van der Waals surface area contributed by atoms with Crippen LogP contribution < -0.4 is 10.1 Å². The van der Waals surface area contributed by atoms with Gasteiger partial charge in [0.2, 0.25) is 0 Å². The highest BCUT2D eigenvalue weighted by Gasteiger charge is 2.17. The molecule has 20 heavy (non-hydrogen) atoms. The Balaban J connectivity index is 2.46. The molecule has 5 heteroatoms. The summed E-state index contributed by atoms with van der Waals surface area (Å²) in [5.74, 6) is 0.333. The van der Waals surface area contributed by atoms with E-state index in [9.17, 15) is 4.39 Å². The lowest BCUT2D eigenvalue weighted by Crippen LogP contribution is -2.19. The minimum absolute atomic E-state index is 0.264. The first-order valence-electron chi connectivity index (χ1n) is 6.02. The lowest BCUT2D eigenvalue weighted by Gasteiger charge is -2.19. The summed E-state index contributed by atoms with van der Waals surface area (Å²) in [6.45, 7) is 0. The average molecular weight is 359 g/mol. The molecule has 0 aromatic heterocycles. The Morgan fingerprint density at radius 3 is 2.60 bits per heavy atom. The second kappa shape index (κ2) is 6.57. The first-order valence-corrected chi connectivity index (χ1v) is 7.19. The third-order valence-corrected chi connectivity index (χ3v) is 3.86. The predicted molar refractivity (Wildman–Crippen MR) is 83.0 cm³/mol. The van der Waals surface area contributed by atoms with E-state index in [4.69, 9.17) is 16.3 Å². The molecule has 0 amide bonds. The highest BCUT2D eigenvalue weighted by molar-refractivity contribution is 9.10. The van der Waals surface area contributed by atoms with Crippen LogP contribution in [0, 0.1) is 5.82 Å². The molecule has 0 aliphatic heterocycles. The lowest BCUT2D eigenvalue weighted by atomic mass is 9.98. The molecule has 0 fully saturated rings. The Bertz CT molecular complexity index is 621. The number of methoxy groups -OCH3 is 1. The van der Waals surface area contributed by atoms with Crippen molar-refractivity contribution in [2.45, 2.75) is 6.04 Å². The number of hydrogen-bond donors (Lipinski definition) is 1. The van der Waals surface area contributed by atoms with Gasteiger partial charge in [-0.1, -0.05) is 33.6 Å². The van der Waals surface area contributed by atoms with E-state index in [1.54, 1.807) is 38.4 Å². The fraction of sp³-hybridized carbons (Fsp3) is 0.200. The summed E-state index contributed by atoms with van der Waals surface area (Å²) >= 11 is 9.50. The van der Waals surface area contributed by atoms with Crippen molar-refractivity contribution in [1.29, 1.82) is 0 Å². The van der Waals surface area contributed by atoms with Crippen LogP contribution in [-0.2, 0) is 0 Å². The Morgan fingerprint density at radius 2 is 2.00 bits per heavy atom. The van der Waals surface area contributed by atoms with Crippen LogP contribution >= 0.6 is 27.5 Å². The van der Waals surface area contributed by atoms with Crippen molar-refractivity contribution < 1.29 is 9.13 Å². The molecule has 0 bridgehead atoms. The van der Waals surface area contributed by atoms with E-state index in [0.29, 0.717) is 16.3 Å². The fourth-order valence-electron chi connectivity index (χ4n) is 2.10. The van der Waals surface area contributed by atoms with Crippen molar-refractivity contribution in [3.8, 4) is 5.75 Å². The number of rotatable bonds is 4. The van der Waals surface area contributed by atoms with Gasteiger partial charge in [-0.05, 0) is 42.9 Å². The maximum atomic E-state index is 14.0. The molecule has 0 saturated heterocycles. The molecular weight excluding hydrogens is 345 g/mol. The van der Waals surface area contributed by atoms with E-state index in [1.807, 2.05) is 6.07 Å². The zero-order valence-corrected chi connectivity index (χ0v) is 13.4. The van der Waals surface area contributed by atoms with E-state index in [1.165, 1.54) is 6.07 Å². The molecule has 1 atom stereocenters. The topological polar surface area (TPSA) is 21.3 Å². The predicted octanol–water partition coefficient (Wildman–Crippen LogP) is 4.56. The number of ether oxygens (including phenoxy) is 1. The smallest absolute Gasteiger partial charge is 0.137 e. The van der Waals surface area contributed by atoms with E-state index >= 15 is 0 Å². The van der Waals surface area contributed by atoms with Crippen molar-refractivity contribution in [1.82, 2.24) is 5.32 Å². The molecule has 0 heterocycles. The fourth-order valence-corrected chi connectivity index (χ4v) is 2.74. The molecule has 0 radical (unpaired) electrons. The monoisotopic (exact) mass is 357 g/mol. The second-order valence-corrected chi connectivity index (χ2v) is 5.60. The molecular formula is C15H14BrClFNO. The van der Waals surface area contributed by atoms with Crippen molar-refractivity contribution in [2.75, 3.05) is 14.2 Å². The van der Waals surface area contributed by atoms with Crippen LogP contribution in [0.25, 0.3) is 0 Å². The summed E-state index contributed by atoms with van der Waals surface area (Å²) in [5.41, 5.74) is 1.43. The van der Waals surface area contributed by atoms with Crippen molar-refractivity contribution in [3.63, 3.8) is 0 Å². The molecule has 2 aromatic rings. The first-order chi connectivity index (χ1) is 9.56. The van der Waals surface area contributed by atoms with Crippen molar-refractivity contribution in [2.24, 2.45) is 0 Å². The van der Waals surface area contributed by atoms with Gasteiger partial charge in [0.15, 0.2) is 0 Å². The van der Waals surface area contributed by atoms with E-state index in [2.05, 4.69) is 21.2 Å². The normalized spacial score (nSPS) is 12.2. The maximum absolute atomic E-state index is 14.0.